The Morgan fingerprint density at radius 2 is 1.95 bits per heavy atom. The fourth-order valence-corrected chi connectivity index (χ4v) is 2.55. The van der Waals surface area contributed by atoms with Gasteiger partial charge in [-0.1, -0.05) is 29.8 Å². The first-order chi connectivity index (χ1) is 10.0. The molecule has 0 fully saturated rings. The van der Waals surface area contributed by atoms with Crippen molar-refractivity contribution in [1.82, 2.24) is 9.80 Å². The minimum atomic E-state index is 0.0820. The number of nitrogens with two attached hydrogens (primary N) is 1. The van der Waals surface area contributed by atoms with E-state index in [1.807, 2.05) is 25.8 Å². The molecule has 1 rings (SSSR count). The number of carbonyl (C=O) groups excluding carboxylic acids is 1. The van der Waals surface area contributed by atoms with E-state index < -0.39 is 0 Å². The number of nitrogens with zero attached hydrogens (tertiary/aromatic N) is 2. The number of aryl methyl sites for hydroxylation is 1. The average molecular weight is 291 g/mol. The maximum Gasteiger partial charge on any atom is 0.224 e. The zero-order valence-electron chi connectivity index (χ0n) is 13.8. The molecule has 0 spiro atoms. The van der Waals surface area contributed by atoms with Crippen molar-refractivity contribution in [3.8, 4) is 0 Å². The number of carbonyl (C=O) groups is 1. The largest absolute Gasteiger partial charge is 0.343 e. The van der Waals surface area contributed by atoms with Gasteiger partial charge in [0.25, 0.3) is 0 Å². The van der Waals surface area contributed by atoms with E-state index >= 15 is 0 Å². The van der Waals surface area contributed by atoms with Gasteiger partial charge in [-0.05, 0) is 33.4 Å². The summed E-state index contributed by atoms with van der Waals surface area (Å²) in [5.41, 5.74) is 8.39. The van der Waals surface area contributed by atoms with Crippen LogP contribution in [-0.2, 0) is 11.3 Å². The van der Waals surface area contributed by atoms with Crippen LogP contribution >= 0.6 is 0 Å². The summed E-state index contributed by atoms with van der Waals surface area (Å²) in [7, 11) is 2.04. The molecule has 0 aliphatic heterocycles. The molecule has 1 atom stereocenters. The van der Waals surface area contributed by atoms with Gasteiger partial charge in [-0.25, -0.2) is 0 Å². The topological polar surface area (TPSA) is 49.6 Å². The molecule has 0 aliphatic carbocycles. The number of benzene rings is 1. The predicted molar refractivity (Wildman–Crippen MR) is 88.0 cm³/mol. The van der Waals surface area contributed by atoms with Gasteiger partial charge in [0.15, 0.2) is 0 Å². The highest BCUT2D eigenvalue weighted by molar-refractivity contribution is 5.76. The minimum Gasteiger partial charge on any atom is -0.343 e. The van der Waals surface area contributed by atoms with Gasteiger partial charge in [0.1, 0.15) is 0 Å². The van der Waals surface area contributed by atoms with Crippen molar-refractivity contribution in [3.05, 3.63) is 35.4 Å². The monoisotopic (exact) mass is 291 g/mol. The Balaban J connectivity index is 2.64. The summed E-state index contributed by atoms with van der Waals surface area (Å²) in [5, 5.41) is 0. The molecule has 0 bridgehead atoms. The van der Waals surface area contributed by atoms with Gasteiger partial charge in [0.05, 0.1) is 0 Å². The van der Waals surface area contributed by atoms with Crippen LogP contribution in [-0.4, -0.2) is 48.4 Å². The van der Waals surface area contributed by atoms with E-state index in [1.165, 1.54) is 11.1 Å². The Morgan fingerprint density at radius 1 is 1.29 bits per heavy atom. The van der Waals surface area contributed by atoms with Crippen molar-refractivity contribution in [2.24, 2.45) is 5.73 Å². The standard InChI is InChI=1S/C17H29N3O/c1-5-20(6-2)17(21)11-16(12-18)19(4)13-15-9-7-8-14(3)10-15/h7-10,16H,5-6,11-13,18H2,1-4H3. The van der Waals surface area contributed by atoms with E-state index in [9.17, 15) is 4.79 Å². The molecule has 0 saturated heterocycles. The molecule has 0 aliphatic rings. The molecular formula is C17H29N3O. The van der Waals surface area contributed by atoms with Gasteiger partial charge >= 0.3 is 0 Å². The molecule has 1 aromatic rings. The van der Waals surface area contributed by atoms with Crippen LogP contribution in [0, 0.1) is 6.92 Å². The summed E-state index contributed by atoms with van der Waals surface area (Å²) in [4.78, 5) is 16.3. The van der Waals surface area contributed by atoms with Crippen LogP contribution in [0.5, 0.6) is 0 Å². The van der Waals surface area contributed by atoms with Gasteiger partial charge in [0, 0.05) is 38.6 Å². The third-order valence-corrected chi connectivity index (χ3v) is 3.94. The van der Waals surface area contributed by atoms with Gasteiger partial charge in [-0.15, -0.1) is 0 Å². The third kappa shape index (κ3) is 5.48. The van der Waals surface area contributed by atoms with Crippen LogP contribution in [0.15, 0.2) is 24.3 Å². The smallest absolute Gasteiger partial charge is 0.224 e. The second-order valence-electron chi connectivity index (χ2n) is 5.56. The number of hydrogen-bond donors (Lipinski definition) is 1. The van der Waals surface area contributed by atoms with Gasteiger partial charge in [0.2, 0.25) is 5.91 Å². The summed E-state index contributed by atoms with van der Waals surface area (Å²) >= 11 is 0. The number of hydrogen-bond acceptors (Lipinski definition) is 3. The van der Waals surface area contributed by atoms with E-state index in [4.69, 9.17) is 5.73 Å². The quantitative estimate of drug-likeness (QED) is 0.797. The molecule has 1 unspecified atom stereocenters. The molecule has 118 valence electrons. The van der Waals surface area contributed by atoms with Crippen molar-refractivity contribution in [3.63, 3.8) is 0 Å². The second kappa shape index (κ2) is 8.80. The molecule has 4 nitrogen and oxygen atoms in total. The molecule has 21 heavy (non-hydrogen) atoms. The van der Waals surface area contributed by atoms with Gasteiger partial charge in [-0.3, -0.25) is 9.69 Å². The van der Waals surface area contributed by atoms with Crippen molar-refractivity contribution in [1.29, 1.82) is 0 Å². The first-order valence-corrected chi connectivity index (χ1v) is 7.75. The van der Waals surface area contributed by atoms with Crippen LogP contribution in [0.1, 0.15) is 31.4 Å². The summed E-state index contributed by atoms with van der Waals surface area (Å²) in [6, 6.07) is 8.53. The Bertz CT molecular complexity index is 443. The zero-order valence-corrected chi connectivity index (χ0v) is 13.8. The van der Waals surface area contributed by atoms with E-state index in [1.54, 1.807) is 0 Å². The summed E-state index contributed by atoms with van der Waals surface area (Å²) in [6.07, 6.45) is 0.487. The molecule has 0 heterocycles. The van der Waals surface area contributed by atoms with Crippen LogP contribution in [0.2, 0.25) is 0 Å². The molecule has 0 aromatic heterocycles. The van der Waals surface area contributed by atoms with Crippen molar-refractivity contribution in [2.75, 3.05) is 26.7 Å². The van der Waals surface area contributed by atoms with Crippen molar-refractivity contribution < 1.29 is 4.79 Å². The van der Waals surface area contributed by atoms with Gasteiger partial charge in [-0.2, -0.15) is 0 Å². The van der Waals surface area contributed by atoms with Gasteiger partial charge < -0.3 is 10.6 Å². The lowest BCUT2D eigenvalue weighted by molar-refractivity contribution is -0.132. The fourth-order valence-electron chi connectivity index (χ4n) is 2.55. The molecule has 0 radical (unpaired) electrons. The highest BCUT2D eigenvalue weighted by atomic mass is 16.2. The first kappa shape index (κ1) is 17.7. The second-order valence-corrected chi connectivity index (χ2v) is 5.56. The predicted octanol–water partition coefficient (Wildman–Crippen LogP) is 2.01. The normalized spacial score (nSPS) is 12.5. The number of likely N-dealkylation sites (N-methyl/N-ethyl adjacent to an activating group) is 1. The van der Waals surface area contributed by atoms with E-state index in [0.717, 1.165) is 19.6 Å². The highest BCUT2D eigenvalue weighted by Crippen LogP contribution is 2.11. The summed E-state index contributed by atoms with van der Waals surface area (Å²) in [6.45, 7) is 8.94. The Labute approximate surface area is 128 Å². The van der Waals surface area contributed by atoms with Crippen molar-refractivity contribution >= 4 is 5.91 Å². The van der Waals surface area contributed by atoms with Crippen molar-refractivity contribution in [2.45, 2.75) is 39.8 Å². The van der Waals surface area contributed by atoms with Crippen LogP contribution < -0.4 is 5.73 Å². The maximum atomic E-state index is 12.2. The van der Waals surface area contributed by atoms with Crippen LogP contribution in [0.4, 0.5) is 0 Å². The number of rotatable bonds is 8. The number of amides is 1. The van der Waals surface area contributed by atoms with Crippen LogP contribution in [0.25, 0.3) is 0 Å². The summed E-state index contributed by atoms with van der Waals surface area (Å²) < 4.78 is 0. The minimum absolute atomic E-state index is 0.0820. The van der Waals surface area contributed by atoms with E-state index in [2.05, 4.69) is 36.1 Å². The lowest BCUT2D eigenvalue weighted by Crippen LogP contribution is -2.42. The lowest BCUT2D eigenvalue weighted by Gasteiger charge is -2.29. The molecule has 1 aromatic carbocycles. The van der Waals surface area contributed by atoms with Crippen LogP contribution in [0.3, 0.4) is 0 Å². The molecule has 1 amide bonds. The molecule has 4 heteroatoms. The Kier molecular flexibility index (Phi) is 7.40. The summed E-state index contributed by atoms with van der Waals surface area (Å²) in [5.74, 6) is 0.187. The fraction of sp³-hybridized carbons (Fsp3) is 0.588. The first-order valence-electron chi connectivity index (χ1n) is 7.75. The molecule has 2 N–H and O–H groups in total. The lowest BCUT2D eigenvalue weighted by atomic mass is 10.1. The van der Waals surface area contributed by atoms with E-state index in [0.29, 0.717) is 13.0 Å². The Morgan fingerprint density at radius 3 is 2.48 bits per heavy atom. The molecule has 0 saturated carbocycles. The average Bonchev–Trinajstić information content (AvgIpc) is 2.45. The zero-order chi connectivity index (χ0) is 15.8. The third-order valence-electron chi connectivity index (χ3n) is 3.94. The Hall–Kier alpha value is -1.39. The maximum absolute atomic E-state index is 12.2. The SMILES string of the molecule is CCN(CC)C(=O)CC(CN)N(C)Cc1cccc(C)c1. The molecular weight excluding hydrogens is 262 g/mol. The highest BCUT2D eigenvalue weighted by Gasteiger charge is 2.20. The van der Waals surface area contributed by atoms with E-state index in [-0.39, 0.29) is 11.9 Å².